The van der Waals surface area contributed by atoms with Crippen molar-refractivity contribution in [2.24, 2.45) is 10.3 Å². The predicted octanol–water partition coefficient (Wildman–Crippen LogP) is 4.45. The lowest BCUT2D eigenvalue weighted by Crippen LogP contribution is -1.84. The summed E-state index contributed by atoms with van der Waals surface area (Å²) in [4.78, 5) is 0. The molecule has 0 aliphatic heterocycles. The second kappa shape index (κ2) is 5.28. The van der Waals surface area contributed by atoms with E-state index < -0.39 is 0 Å². The minimum absolute atomic E-state index is 0.690. The molecule has 0 aromatic heterocycles. The highest BCUT2D eigenvalue weighted by molar-refractivity contribution is 6.30. The van der Waals surface area contributed by atoms with E-state index in [9.17, 15) is 0 Å². The first-order chi connectivity index (χ1) is 7.84. The molecule has 1 N–H and O–H groups in total. The van der Waals surface area contributed by atoms with Crippen LogP contribution in [0.1, 0.15) is 0 Å². The Balaban J connectivity index is 1.98. The molecule has 0 aliphatic rings. The van der Waals surface area contributed by atoms with E-state index in [2.05, 4.69) is 15.8 Å². The summed E-state index contributed by atoms with van der Waals surface area (Å²) in [5.41, 5.74) is 4.49. The standard InChI is InChI=1S/C12H10ClN3/c13-10-6-8-12(9-7-10)15-16-14-11-4-2-1-3-5-11/h1-9H,(H,14,15). The van der Waals surface area contributed by atoms with Gasteiger partial charge in [0.2, 0.25) is 0 Å². The number of nitrogens with one attached hydrogen (secondary N) is 1. The summed E-state index contributed by atoms with van der Waals surface area (Å²) in [6, 6.07) is 16.8. The third-order valence-corrected chi connectivity index (χ3v) is 2.20. The van der Waals surface area contributed by atoms with Gasteiger partial charge in [-0.15, -0.1) is 5.11 Å². The van der Waals surface area contributed by atoms with Gasteiger partial charge >= 0.3 is 0 Å². The monoisotopic (exact) mass is 231 g/mol. The van der Waals surface area contributed by atoms with E-state index in [4.69, 9.17) is 11.6 Å². The molecule has 2 aromatic rings. The van der Waals surface area contributed by atoms with Crippen LogP contribution in [-0.4, -0.2) is 0 Å². The highest BCUT2D eigenvalue weighted by atomic mass is 35.5. The normalized spacial score (nSPS) is 10.6. The summed E-state index contributed by atoms with van der Waals surface area (Å²) < 4.78 is 0. The predicted molar refractivity (Wildman–Crippen MR) is 66.0 cm³/mol. The Morgan fingerprint density at radius 1 is 0.875 bits per heavy atom. The fourth-order valence-corrected chi connectivity index (χ4v) is 1.29. The van der Waals surface area contributed by atoms with Crippen molar-refractivity contribution in [2.75, 3.05) is 5.43 Å². The lowest BCUT2D eigenvalue weighted by molar-refractivity contribution is 1.13. The quantitative estimate of drug-likeness (QED) is 0.615. The van der Waals surface area contributed by atoms with Crippen LogP contribution in [0, 0.1) is 0 Å². The van der Waals surface area contributed by atoms with E-state index in [0.29, 0.717) is 5.02 Å². The molecule has 2 aromatic carbocycles. The molecule has 0 radical (unpaired) electrons. The Morgan fingerprint density at radius 2 is 1.56 bits per heavy atom. The van der Waals surface area contributed by atoms with E-state index in [1.165, 1.54) is 0 Å². The number of anilines is 1. The summed E-state index contributed by atoms with van der Waals surface area (Å²) >= 11 is 5.75. The highest BCUT2D eigenvalue weighted by Crippen LogP contribution is 2.16. The second-order valence-electron chi connectivity index (χ2n) is 3.15. The van der Waals surface area contributed by atoms with Crippen LogP contribution in [0.5, 0.6) is 0 Å². The van der Waals surface area contributed by atoms with Crippen molar-refractivity contribution in [2.45, 2.75) is 0 Å². The van der Waals surface area contributed by atoms with Crippen LogP contribution in [0.25, 0.3) is 0 Å². The van der Waals surface area contributed by atoms with Gasteiger partial charge in [0.15, 0.2) is 0 Å². The fraction of sp³-hybridized carbons (Fsp3) is 0. The molecule has 3 nitrogen and oxygen atoms in total. The molecule has 0 amide bonds. The first-order valence-corrected chi connectivity index (χ1v) is 5.20. The molecule has 0 fully saturated rings. The van der Waals surface area contributed by atoms with Crippen LogP contribution in [-0.2, 0) is 0 Å². The van der Waals surface area contributed by atoms with Gasteiger partial charge < -0.3 is 0 Å². The average molecular weight is 232 g/mol. The maximum Gasteiger partial charge on any atom is 0.0875 e. The van der Waals surface area contributed by atoms with Gasteiger partial charge in [-0.1, -0.05) is 35.0 Å². The van der Waals surface area contributed by atoms with Crippen molar-refractivity contribution >= 4 is 23.0 Å². The lowest BCUT2D eigenvalue weighted by atomic mass is 10.3. The zero-order chi connectivity index (χ0) is 11.2. The van der Waals surface area contributed by atoms with Crippen molar-refractivity contribution in [1.29, 1.82) is 0 Å². The van der Waals surface area contributed by atoms with Crippen LogP contribution in [0.15, 0.2) is 64.9 Å². The first-order valence-electron chi connectivity index (χ1n) is 4.82. The fourth-order valence-electron chi connectivity index (χ4n) is 1.16. The maximum absolute atomic E-state index is 5.75. The molecule has 0 heterocycles. The molecule has 0 aliphatic carbocycles. The summed E-state index contributed by atoms with van der Waals surface area (Å²) in [6.07, 6.45) is 0. The summed E-state index contributed by atoms with van der Waals surface area (Å²) in [5.74, 6) is 0. The van der Waals surface area contributed by atoms with Crippen molar-refractivity contribution in [1.82, 2.24) is 0 Å². The second-order valence-corrected chi connectivity index (χ2v) is 3.59. The summed E-state index contributed by atoms with van der Waals surface area (Å²) in [6.45, 7) is 0. The highest BCUT2D eigenvalue weighted by Gasteiger charge is 1.89. The van der Waals surface area contributed by atoms with Crippen molar-refractivity contribution in [3.8, 4) is 0 Å². The Morgan fingerprint density at radius 3 is 2.25 bits per heavy atom. The van der Waals surface area contributed by atoms with Gasteiger partial charge in [0, 0.05) is 5.02 Å². The number of benzene rings is 2. The van der Waals surface area contributed by atoms with Crippen molar-refractivity contribution in [3.05, 3.63) is 59.6 Å². The van der Waals surface area contributed by atoms with E-state index in [0.717, 1.165) is 11.4 Å². The zero-order valence-electron chi connectivity index (χ0n) is 8.47. The van der Waals surface area contributed by atoms with Crippen LogP contribution >= 0.6 is 11.6 Å². The van der Waals surface area contributed by atoms with E-state index in [1.54, 1.807) is 24.3 Å². The van der Waals surface area contributed by atoms with E-state index >= 15 is 0 Å². The molecule has 2 rings (SSSR count). The third kappa shape index (κ3) is 3.07. The Kier molecular flexibility index (Phi) is 3.51. The lowest BCUT2D eigenvalue weighted by Gasteiger charge is -1.97. The number of rotatable bonds is 3. The van der Waals surface area contributed by atoms with Gasteiger partial charge in [-0.05, 0) is 36.4 Å². The minimum atomic E-state index is 0.690. The maximum atomic E-state index is 5.75. The van der Waals surface area contributed by atoms with Crippen molar-refractivity contribution < 1.29 is 0 Å². The van der Waals surface area contributed by atoms with E-state index in [-0.39, 0.29) is 0 Å². The van der Waals surface area contributed by atoms with Gasteiger partial charge in [-0.3, -0.25) is 5.43 Å². The topological polar surface area (TPSA) is 36.8 Å². The average Bonchev–Trinajstić information content (AvgIpc) is 2.33. The van der Waals surface area contributed by atoms with Gasteiger partial charge in [-0.2, -0.15) is 0 Å². The SMILES string of the molecule is Clc1ccc(N=NNc2ccccc2)cc1. The number of nitrogens with zero attached hydrogens (tertiary/aromatic N) is 2. The van der Waals surface area contributed by atoms with Crippen LogP contribution in [0.3, 0.4) is 0 Å². The summed E-state index contributed by atoms with van der Waals surface area (Å²) in [7, 11) is 0. The van der Waals surface area contributed by atoms with Crippen LogP contribution < -0.4 is 5.43 Å². The van der Waals surface area contributed by atoms with Gasteiger partial charge in [0.05, 0.1) is 11.4 Å². The Hall–Kier alpha value is -1.87. The van der Waals surface area contributed by atoms with Gasteiger partial charge in [0.25, 0.3) is 0 Å². The zero-order valence-corrected chi connectivity index (χ0v) is 9.22. The molecule has 0 spiro atoms. The largest absolute Gasteiger partial charge is 0.260 e. The molecular weight excluding hydrogens is 222 g/mol. The molecule has 0 bridgehead atoms. The molecule has 0 saturated heterocycles. The number of hydrogen-bond acceptors (Lipinski definition) is 2. The molecule has 0 atom stereocenters. The van der Waals surface area contributed by atoms with E-state index in [1.807, 2.05) is 30.3 Å². The molecule has 0 unspecified atom stereocenters. The van der Waals surface area contributed by atoms with Gasteiger partial charge in [-0.25, -0.2) is 0 Å². The summed E-state index contributed by atoms with van der Waals surface area (Å²) in [5, 5.41) is 8.56. The van der Waals surface area contributed by atoms with Crippen LogP contribution in [0.4, 0.5) is 11.4 Å². The molecular formula is C12H10ClN3. The Bertz CT molecular complexity index is 465. The smallest absolute Gasteiger partial charge is 0.0875 e. The third-order valence-electron chi connectivity index (χ3n) is 1.94. The molecule has 16 heavy (non-hydrogen) atoms. The number of para-hydroxylation sites is 1. The minimum Gasteiger partial charge on any atom is -0.260 e. The van der Waals surface area contributed by atoms with Crippen molar-refractivity contribution in [3.63, 3.8) is 0 Å². The first kappa shape index (κ1) is 10.6. The number of halogens is 1. The van der Waals surface area contributed by atoms with Crippen LogP contribution in [0.2, 0.25) is 5.02 Å². The van der Waals surface area contributed by atoms with Gasteiger partial charge in [0.1, 0.15) is 0 Å². The number of hydrogen-bond donors (Lipinski definition) is 1. The Labute approximate surface area is 98.8 Å². The molecule has 4 heteroatoms. The molecule has 0 saturated carbocycles. The molecule has 80 valence electrons.